The lowest BCUT2D eigenvalue weighted by atomic mass is 9.98. The van der Waals surface area contributed by atoms with Crippen molar-refractivity contribution in [2.45, 2.75) is 45.3 Å². The SMILES string of the molecule is CC(C)(C)OC(=O)C1CC(=C=O)CCN1C(=O)O. The van der Waals surface area contributed by atoms with E-state index in [9.17, 15) is 14.4 Å². The van der Waals surface area contributed by atoms with Crippen LogP contribution in [-0.4, -0.2) is 46.2 Å². The van der Waals surface area contributed by atoms with Gasteiger partial charge < -0.3 is 9.84 Å². The zero-order valence-electron chi connectivity index (χ0n) is 10.7. The van der Waals surface area contributed by atoms with Gasteiger partial charge >= 0.3 is 12.1 Å². The minimum atomic E-state index is -1.18. The number of hydrogen-bond acceptors (Lipinski definition) is 4. The number of amides is 1. The summed E-state index contributed by atoms with van der Waals surface area (Å²) in [7, 11) is 0. The average Bonchev–Trinajstić information content (AvgIpc) is 2.25. The molecule has 1 aliphatic heterocycles. The highest BCUT2D eigenvalue weighted by Gasteiger charge is 2.37. The van der Waals surface area contributed by atoms with Crippen molar-refractivity contribution < 1.29 is 24.2 Å². The van der Waals surface area contributed by atoms with Gasteiger partial charge in [0.05, 0.1) is 0 Å². The summed E-state index contributed by atoms with van der Waals surface area (Å²) in [5.74, 6) is 1.12. The van der Waals surface area contributed by atoms with Crippen molar-refractivity contribution in [3.63, 3.8) is 0 Å². The van der Waals surface area contributed by atoms with Crippen molar-refractivity contribution in [1.82, 2.24) is 4.90 Å². The normalized spacial score (nSPS) is 20.3. The molecule has 1 rings (SSSR count). The predicted molar refractivity (Wildman–Crippen MR) is 62.8 cm³/mol. The molecule has 6 heteroatoms. The van der Waals surface area contributed by atoms with E-state index < -0.39 is 23.7 Å². The first kappa shape index (κ1) is 14.3. The number of rotatable bonds is 1. The second-order valence-electron chi connectivity index (χ2n) is 5.18. The second kappa shape index (κ2) is 5.23. The molecule has 0 saturated carbocycles. The van der Waals surface area contributed by atoms with Crippen molar-refractivity contribution in [1.29, 1.82) is 0 Å². The van der Waals surface area contributed by atoms with Gasteiger partial charge in [0.25, 0.3) is 0 Å². The summed E-state index contributed by atoms with van der Waals surface area (Å²) in [5.41, 5.74) is -0.271. The fraction of sp³-hybridized carbons (Fsp3) is 0.667. The molecule has 1 heterocycles. The molecule has 1 unspecified atom stereocenters. The van der Waals surface area contributed by atoms with E-state index in [4.69, 9.17) is 9.84 Å². The Kier molecular flexibility index (Phi) is 4.14. The van der Waals surface area contributed by atoms with E-state index in [1.165, 1.54) is 0 Å². The highest BCUT2D eigenvalue weighted by Crippen LogP contribution is 2.23. The highest BCUT2D eigenvalue weighted by atomic mass is 16.6. The number of ether oxygens (including phenoxy) is 1. The maximum absolute atomic E-state index is 11.9. The molecular formula is C12H17NO5. The average molecular weight is 255 g/mol. The van der Waals surface area contributed by atoms with Crippen LogP contribution in [0.4, 0.5) is 4.79 Å². The lowest BCUT2D eigenvalue weighted by Gasteiger charge is -2.33. The molecule has 0 radical (unpaired) electrons. The highest BCUT2D eigenvalue weighted by molar-refractivity contribution is 5.82. The quantitative estimate of drug-likeness (QED) is 0.562. The van der Waals surface area contributed by atoms with Gasteiger partial charge in [-0.25, -0.2) is 14.4 Å². The van der Waals surface area contributed by atoms with Crippen molar-refractivity contribution in [2.75, 3.05) is 6.54 Å². The molecule has 100 valence electrons. The molecule has 0 spiro atoms. The van der Waals surface area contributed by atoms with E-state index in [0.29, 0.717) is 12.0 Å². The number of likely N-dealkylation sites (tertiary alicyclic amines) is 1. The number of hydrogen-bond donors (Lipinski definition) is 1. The molecule has 6 nitrogen and oxygen atoms in total. The summed E-state index contributed by atoms with van der Waals surface area (Å²) in [6.07, 6.45) is -0.810. The molecule has 1 aliphatic rings. The number of nitrogens with zero attached hydrogens (tertiary/aromatic N) is 1. The zero-order chi connectivity index (χ0) is 13.9. The van der Waals surface area contributed by atoms with Crippen LogP contribution in [0.3, 0.4) is 0 Å². The third-order valence-corrected chi connectivity index (χ3v) is 2.54. The van der Waals surface area contributed by atoms with E-state index in [-0.39, 0.29) is 13.0 Å². The number of piperidine rings is 1. The Balaban J connectivity index is 2.88. The predicted octanol–water partition coefficient (Wildman–Crippen LogP) is 1.23. The maximum Gasteiger partial charge on any atom is 0.408 e. The minimum Gasteiger partial charge on any atom is -0.465 e. The molecule has 0 bridgehead atoms. The molecule has 1 saturated heterocycles. The fourth-order valence-corrected chi connectivity index (χ4v) is 1.76. The summed E-state index contributed by atoms with van der Waals surface area (Å²) < 4.78 is 5.16. The van der Waals surface area contributed by atoms with Crippen LogP contribution < -0.4 is 0 Å². The Bertz CT molecular complexity index is 403. The number of carbonyl (C=O) groups excluding carboxylic acids is 2. The van der Waals surface area contributed by atoms with Gasteiger partial charge in [-0.1, -0.05) is 0 Å². The first-order valence-corrected chi connectivity index (χ1v) is 5.70. The van der Waals surface area contributed by atoms with Gasteiger partial charge in [0.2, 0.25) is 0 Å². The van der Waals surface area contributed by atoms with Gasteiger partial charge in [0, 0.05) is 18.5 Å². The van der Waals surface area contributed by atoms with Crippen LogP contribution in [0.5, 0.6) is 0 Å². The third-order valence-electron chi connectivity index (χ3n) is 2.54. The smallest absolute Gasteiger partial charge is 0.408 e. The molecule has 0 aromatic heterocycles. The van der Waals surface area contributed by atoms with Crippen molar-refractivity contribution in [3.8, 4) is 0 Å². The van der Waals surface area contributed by atoms with Gasteiger partial charge in [0.1, 0.15) is 17.6 Å². The van der Waals surface area contributed by atoms with E-state index in [0.717, 1.165) is 4.90 Å². The van der Waals surface area contributed by atoms with Crippen LogP contribution in [-0.2, 0) is 14.3 Å². The number of carbonyl (C=O) groups is 2. The van der Waals surface area contributed by atoms with E-state index in [1.807, 2.05) is 0 Å². The molecule has 1 fully saturated rings. The Morgan fingerprint density at radius 1 is 1.44 bits per heavy atom. The third kappa shape index (κ3) is 3.60. The van der Waals surface area contributed by atoms with Gasteiger partial charge in [-0.05, 0) is 27.2 Å². The Morgan fingerprint density at radius 3 is 2.50 bits per heavy atom. The summed E-state index contributed by atoms with van der Waals surface area (Å²) in [4.78, 5) is 34.6. The zero-order valence-corrected chi connectivity index (χ0v) is 10.7. The Labute approximate surface area is 105 Å². The Morgan fingerprint density at radius 2 is 2.06 bits per heavy atom. The standard InChI is InChI=1S/C12H17NO5/c1-12(2,3)18-10(15)9-6-8(7-14)4-5-13(9)11(16)17/h9H,4-6H2,1-3H3,(H,16,17). The largest absolute Gasteiger partial charge is 0.465 e. The molecular weight excluding hydrogens is 238 g/mol. The maximum atomic E-state index is 11.9. The van der Waals surface area contributed by atoms with Gasteiger partial charge in [-0.3, -0.25) is 4.90 Å². The summed E-state index contributed by atoms with van der Waals surface area (Å²) >= 11 is 0. The van der Waals surface area contributed by atoms with Crippen LogP contribution in [0.25, 0.3) is 0 Å². The van der Waals surface area contributed by atoms with E-state index in [1.54, 1.807) is 26.7 Å². The number of esters is 1. The van der Waals surface area contributed by atoms with Gasteiger partial charge in [-0.2, -0.15) is 0 Å². The van der Waals surface area contributed by atoms with E-state index in [2.05, 4.69) is 0 Å². The van der Waals surface area contributed by atoms with E-state index >= 15 is 0 Å². The summed E-state index contributed by atoms with van der Waals surface area (Å²) in [6.45, 7) is 5.23. The monoisotopic (exact) mass is 255 g/mol. The first-order chi connectivity index (χ1) is 8.24. The summed E-state index contributed by atoms with van der Waals surface area (Å²) in [6, 6.07) is -0.952. The lowest BCUT2D eigenvalue weighted by molar-refractivity contribution is -0.161. The van der Waals surface area contributed by atoms with Crippen molar-refractivity contribution >= 4 is 18.0 Å². The molecule has 0 aliphatic carbocycles. The minimum absolute atomic E-state index is 0.0602. The fourth-order valence-electron chi connectivity index (χ4n) is 1.76. The topological polar surface area (TPSA) is 83.9 Å². The summed E-state index contributed by atoms with van der Waals surface area (Å²) in [5, 5.41) is 9.03. The van der Waals surface area contributed by atoms with Crippen molar-refractivity contribution in [3.05, 3.63) is 5.57 Å². The molecule has 1 amide bonds. The van der Waals surface area contributed by atoms with Crippen LogP contribution in [0, 0.1) is 0 Å². The van der Waals surface area contributed by atoms with Crippen LogP contribution >= 0.6 is 0 Å². The second-order valence-corrected chi connectivity index (χ2v) is 5.18. The Hall–Kier alpha value is -1.81. The van der Waals surface area contributed by atoms with Crippen LogP contribution in [0.1, 0.15) is 33.6 Å². The van der Waals surface area contributed by atoms with Gasteiger partial charge in [-0.15, -0.1) is 0 Å². The molecule has 0 aromatic rings. The molecule has 1 N–H and O–H groups in total. The van der Waals surface area contributed by atoms with Crippen molar-refractivity contribution in [2.24, 2.45) is 0 Å². The molecule has 0 aromatic carbocycles. The molecule has 18 heavy (non-hydrogen) atoms. The molecule has 1 atom stereocenters. The first-order valence-electron chi connectivity index (χ1n) is 5.70. The van der Waals surface area contributed by atoms with Crippen LogP contribution in [0.2, 0.25) is 0 Å². The van der Waals surface area contributed by atoms with Crippen LogP contribution in [0.15, 0.2) is 5.57 Å². The van der Waals surface area contributed by atoms with Gasteiger partial charge in [0.15, 0.2) is 0 Å². The number of carboxylic acid groups (broad SMARTS) is 1. The lowest BCUT2D eigenvalue weighted by Crippen LogP contribution is -2.50.